The minimum atomic E-state index is -0.765. The van der Waals surface area contributed by atoms with Crippen LogP contribution < -0.4 is 11.1 Å². The molecule has 0 aliphatic heterocycles. The molecule has 2 aromatic rings. The van der Waals surface area contributed by atoms with E-state index in [1.807, 2.05) is 0 Å². The molecule has 2 aromatic carbocycles. The van der Waals surface area contributed by atoms with Crippen molar-refractivity contribution in [1.82, 2.24) is 5.32 Å². The molecule has 8 nitrogen and oxygen atoms in total. The molecular formula is C22H28N2O6. The SMILES string of the molecule is CC1CCCC(CNC(=O)c2cccc(O)c2O)C1.NC(=O)c1cccc(O)c1O. The highest BCUT2D eigenvalue weighted by Crippen LogP contribution is 2.30. The Balaban J connectivity index is 0.000000248. The number of rotatable bonds is 4. The number of para-hydroxylation sites is 2. The van der Waals surface area contributed by atoms with Crippen molar-refractivity contribution in [2.75, 3.05) is 6.54 Å². The number of benzene rings is 2. The molecule has 1 aliphatic carbocycles. The van der Waals surface area contributed by atoms with Crippen molar-refractivity contribution in [1.29, 1.82) is 0 Å². The van der Waals surface area contributed by atoms with Gasteiger partial charge in [-0.2, -0.15) is 0 Å². The third kappa shape index (κ3) is 6.04. The molecule has 30 heavy (non-hydrogen) atoms. The highest BCUT2D eigenvalue weighted by Gasteiger charge is 2.20. The first-order chi connectivity index (χ1) is 14.2. The first-order valence-electron chi connectivity index (χ1n) is 9.80. The molecule has 2 unspecified atom stereocenters. The number of nitrogens with one attached hydrogen (secondary N) is 1. The molecule has 3 rings (SSSR count). The van der Waals surface area contributed by atoms with Crippen LogP contribution >= 0.6 is 0 Å². The Labute approximate surface area is 175 Å². The maximum absolute atomic E-state index is 12.0. The van der Waals surface area contributed by atoms with E-state index in [-0.39, 0.29) is 34.3 Å². The highest BCUT2D eigenvalue weighted by molar-refractivity contribution is 5.97. The number of amides is 2. The third-order valence-corrected chi connectivity index (χ3v) is 5.14. The summed E-state index contributed by atoms with van der Waals surface area (Å²) in [7, 11) is 0. The maximum Gasteiger partial charge on any atom is 0.255 e. The summed E-state index contributed by atoms with van der Waals surface area (Å²) in [6.07, 6.45) is 4.79. The number of hydrogen-bond donors (Lipinski definition) is 6. The Morgan fingerprint density at radius 3 is 2.07 bits per heavy atom. The standard InChI is InChI=1S/C15H21NO3.C7H7NO3/c1-10-4-2-5-11(8-10)9-16-15(19)12-6-3-7-13(17)14(12)18;8-7(11)4-2-1-3-5(9)6(4)10/h3,6-7,10-11,17-18H,2,4-5,8-9H2,1H3,(H,16,19);1-3,9-10H,(H2,8,11). The van der Waals surface area contributed by atoms with Gasteiger partial charge in [-0.15, -0.1) is 0 Å². The Hall–Kier alpha value is -3.42. The Bertz CT molecular complexity index is 899. The van der Waals surface area contributed by atoms with Crippen molar-refractivity contribution in [2.24, 2.45) is 17.6 Å². The first-order valence-corrected chi connectivity index (χ1v) is 9.80. The van der Waals surface area contributed by atoms with Gasteiger partial charge in [0.25, 0.3) is 11.8 Å². The molecular weight excluding hydrogens is 388 g/mol. The number of phenolic OH excluding ortho intramolecular Hbond substituents is 3. The van der Waals surface area contributed by atoms with Crippen molar-refractivity contribution < 1.29 is 30.0 Å². The van der Waals surface area contributed by atoms with Crippen LogP contribution in [0.25, 0.3) is 0 Å². The van der Waals surface area contributed by atoms with Gasteiger partial charge >= 0.3 is 0 Å². The molecule has 1 fully saturated rings. The number of hydrogen-bond acceptors (Lipinski definition) is 6. The van der Waals surface area contributed by atoms with Crippen LogP contribution in [0.15, 0.2) is 36.4 Å². The predicted molar refractivity (Wildman–Crippen MR) is 112 cm³/mol. The van der Waals surface area contributed by atoms with Crippen molar-refractivity contribution in [3.63, 3.8) is 0 Å². The Morgan fingerprint density at radius 1 is 0.967 bits per heavy atom. The second-order valence-corrected chi connectivity index (χ2v) is 7.56. The molecule has 2 amide bonds. The lowest BCUT2D eigenvalue weighted by Crippen LogP contribution is -2.31. The monoisotopic (exact) mass is 416 g/mol. The van der Waals surface area contributed by atoms with Gasteiger partial charge in [0.1, 0.15) is 0 Å². The molecule has 1 aliphatic rings. The van der Waals surface area contributed by atoms with Crippen LogP contribution in [0.4, 0.5) is 0 Å². The predicted octanol–water partition coefficient (Wildman–Crippen LogP) is 2.85. The Kier molecular flexibility index (Phi) is 7.91. The molecule has 0 spiro atoms. The molecule has 7 N–H and O–H groups in total. The fourth-order valence-electron chi connectivity index (χ4n) is 3.52. The van der Waals surface area contributed by atoms with E-state index in [1.54, 1.807) is 6.07 Å². The van der Waals surface area contributed by atoms with Gasteiger partial charge in [-0.25, -0.2) is 0 Å². The normalized spacial score (nSPS) is 18.0. The van der Waals surface area contributed by atoms with E-state index in [1.165, 1.54) is 43.2 Å². The number of carbonyl (C=O) groups excluding carboxylic acids is 2. The molecule has 2 atom stereocenters. The summed E-state index contributed by atoms with van der Waals surface area (Å²) in [5.41, 5.74) is 4.92. The summed E-state index contributed by atoms with van der Waals surface area (Å²) in [6, 6.07) is 8.43. The van der Waals surface area contributed by atoms with Gasteiger partial charge in [-0.1, -0.05) is 31.9 Å². The van der Waals surface area contributed by atoms with Gasteiger partial charge in [0.05, 0.1) is 11.1 Å². The van der Waals surface area contributed by atoms with Gasteiger partial charge in [0.2, 0.25) is 0 Å². The number of primary amides is 1. The average Bonchev–Trinajstić information content (AvgIpc) is 2.70. The zero-order valence-corrected chi connectivity index (χ0v) is 16.8. The van der Waals surface area contributed by atoms with Gasteiger partial charge in [-0.05, 0) is 48.9 Å². The van der Waals surface area contributed by atoms with E-state index in [0.29, 0.717) is 12.5 Å². The molecule has 0 heterocycles. The number of carbonyl (C=O) groups is 2. The van der Waals surface area contributed by atoms with Gasteiger partial charge in [0.15, 0.2) is 23.0 Å². The van der Waals surface area contributed by atoms with Gasteiger partial charge in [0, 0.05) is 6.54 Å². The second-order valence-electron chi connectivity index (χ2n) is 7.56. The van der Waals surface area contributed by atoms with Crippen LogP contribution in [-0.4, -0.2) is 38.8 Å². The zero-order valence-electron chi connectivity index (χ0n) is 16.8. The second kappa shape index (κ2) is 10.4. The maximum atomic E-state index is 12.0. The van der Waals surface area contributed by atoms with Gasteiger partial charge < -0.3 is 31.5 Å². The lowest BCUT2D eigenvalue weighted by atomic mass is 9.82. The summed E-state index contributed by atoms with van der Waals surface area (Å²) >= 11 is 0. The highest BCUT2D eigenvalue weighted by atomic mass is 16.3. The number of phenols is 4. The van der Waals surface area contributed by atoms with Gasteiger partial charge in [-0.3, -0.25) is 9.59 Å². The summed E-state index contributed by atoms with van der Waals surface area (Å²) in [6.45, 7) is 2.88. The minimum absolute atomic E-state index is 0.0787. The average molecular weight is 416 g/mol. The Morgan fingerprint density at radius 2 is 1.53 bits per heavy atom. The molecule has 0 saturated heterocycles. The molecule has 1 saturated carbocycles. The summed E-state index contributed by atoms with van der Waals surface area (Å²) in [5, 5.41) is 39.8. The topological polar surface area (TPSA) is 153 Å². The van der Waals surface area contributed by atoms with E-state index in [9.17, 15) is 19.8 Å². The smallest absolute Gasteiger partial charge is 0.255 e. The summed E-state index contributed by atoms with van der Waals surface area (Å²) < 4.78 is 0. The van der Waals surface area contributed by atoms with E-state index in [2.05, 4.69) is 12.2 Å². The molecule has 0 radical (unpaired) electrons. The van der Waals surface area contributed by atoms with Crippen LogP contribution in [0.1, 0.15) is 53.3 Å². The molecule has 8 heteroatoms. The van der Waals surface area contributed by atoms with Crippen molar-refractivity contribution in [2.45, 2.75) is 32.6 Å². The fourth-order valence-corrected chi connectivity index (χ4v) is 3.52. The minimum Gasteiger partial charge on any atom is -0.504 e. The largest absolute Gasteiger partial charge is 0.504 e. The van der Waals surface area contributed by atoms with Crippen LogP contribution in [0.3, 0.4) is 0 Å². The quantitative estimate of drug-likeness (QED) is 0.421. The molecule has 162 valence electrons. The number of aromatic hydroxyl groups is 4. The first kappa shape index (κ1) is 22.9. The van der Waals surface area contributed by atoms with Crippen molar-refractivity contribution in [3.8, 4) is 23.0 Å². The van der Waals surface area contributed by atoms with E-state index in [0.717, 1.165) is 18.8 Å². The zero-order chi connectivity index (χ0) is 22.3. The number of nitrogens with two attached hydrogens (primary N) is 1. The van der Waals surface area contributed by atoms with Crippen LogP contribution in [-0.2, 0) is 0 Å². The van der Waals surface area contributed by atoms with Crippen molar-refractivity contribution in [3.05, 3.63) is 47.5 Å². The molecule has 0 bridgehead atoms. The lowest BCUT2D eigenvalue weighted by molar-refractivity contribution is 0.0936. The van der Waals surface area contributed by atoms with Crippen LogP contribution in [0.2, 0.25) is 0 Å². The van der Waals surface area contributed by atoms with E-state index in [4.69, 9.17) is 15.9 Å². The fraction of sp³-hybridized carbons (Fsp3) is 0.364. The summed E-state index contributed by atoms with van der Waals surface area (Å²) in [5.74, 6) is -1.28. The van der Waals surface area contributed by atoms with E-state index >= 15 is 0 Å². The van der Waals surface area contributed by atoms with Crippen molar-refractivity contribution >= 4 is 11.8 Å². The lowest BCUT2D eigenvalue weighted by Gasteiger charge is -2.26. The molecule has 0 aromatic heterocycles. The summed E-state index contributed by atoms with van der Waals surface area (Å²) in [4.78, 5) is 22.5. The van der Waals surface area contributed by atoms with Crippen LogP contribution in [0.5, 0.6) is 23.0 Å². The third-order valence-electron chi connectivity index (χ3n) is 5.14. The van der Waals surface area contributed by atoms with Crippen LogP contribution in [0, 0.1) is 11.8 Å². The van der Waals surface area contributed by atoms with E-state index < -0.39 is 11.7 Å².